The van der Waals surface area contributed by atoms with E-state index in [1.807, 2.05) is 18.2 Å². The summed E-state index contributed by atoms with van der Waals surface area (Å²) in [5, 5.41) is 10.5. The standard InChI is InChI=1S/C19H19ClFNO2/c20-16-5-3-6-17(21)14(16)8-22-9-15-13-4-1-2-7-18(13)24-12-19(15,10-22)11-23/h1-7,15,23H,8-12H2/t15-,19-/m1/s1. The second-order valence-corrected chi connectivity index (χ2v) is 7.18. The number of benzene rings is 2. The number of ether oxygens (including phenoxy) is 1. The predicted molar refractivity (Wildman–Crippen MR) is 90.9 cm³/mol. The van der Waals surface area contributed by atoms with Gasteiger partial charge in [-0.25, -0.2) is 4.39 Å². The minimum atomic E-state index is -0.341. The fraction of sp³-hybridized carbons (Fsp3) is 0.368. The Balaban J connectivity index is 1.64. The highest BCUT2D eigenvalue weighted by molar-refractivity contribution is 6.31. The second kappa shape index (κ2) is 6.03. The number of hydrogen-bond donors (Lipinski definition) is 1. The molecule has 1 N–H and O–H groups in total. The van der Waals surface area contributed by atoms with Gasteiger partial charge in [0.25, 0.3) is 0 Å². The number of rotatable bonds is 3. The molecule has 4 rings (SSSR count). The molecule has 0 aromatic heterocycles. The average Bonchev–Trinajstić information content (AvgIpc) is 2.98. The zero-order valence-electron chi connectivity index (χ0n) is 13.2. The van der Waals surface area contributed by atoms with Gasteiger partial charge in [-0.1, -0.05) is 35.9 Å². The lowest BCUT2D eigenvalue weighted by Crippen LogP contribution is -2.42. The molecule has 3 nitrogen and oxygen atoms in total. The van der Waals surface area contributed by atoms with Gasteiger partial charge in [-0.05, 0) is 23.8 Å². The number of likely N-dealkylation sites (tertiary alicyclic amines) is 1. The molecule has 5 heteroatoms. The van der Waals surface area contributed by atoms with Gasteiger partial charge in [-0.2, -0.15) is 0 Å². The summed E-state index contributed by atoms with van der Waals surface area (Å²) in [5.74, 6) is 0.780. The average molecular weight is 348 g/mol. The van der Waals surface area contributed by atoms with Crippen LogP contribution in [-0.4, -0.2) is 36.3 Å². The Morgan fingerprint density at radius 1 is 1.25 bits per heavy atom. The number of fused-ring (bicyclic) bond motifs is 3. The van der Waals surface area contributed by atoms with Crippen molar-refractivity contribution >= 4 is 11.6 Å². The first-order chi connectivity index (χ1) is 11.6. The minimum Gasteiger partial charge on any atom is -0.493 e. The van der Waals surface area contributed by atoms with Crippen molar-refractivity contribution in [1.82, 2.24) is 4.90 Å². The molecule has 0 saturated carbocycles. The van der Waals surface area contributed by atoms with Crippen molar-refractivity contribution in [2.45, 2.75) is 12.5 Å². The van der Waals surface area contributed by atoms with Crippen LogP contribution in [-0.2, 0) is 6.54 Å². The molecule has 2 aromatic rings. The zero-order chi connectivity index (χ0) is 16.7. The monoisotopic (exact) mass is 347 g/mol. The van der Waals surface area contributed by atoms with Gasteiger partial charge >= 0.3 is 0 Å². The quantitative estimate of drug-likeness (QED) is 0.923. The van der Waals surface area contributed by atoms with E-state index >= 15 is 0 Å². The normalized spacial score (nSPS) is 25.9. The fourth-order valence-corrected chi connectivity index (χ4v) is 4.22. The van der Waals surface area contributed by atoms with Crippen molar-refractivity contribution in [3.63, 3.8) is 0 Å². The molecule has 0 bridgehead atoms. The molecule has 24 heavy (non-hydrogen) atoms. The number of aliphatic hydroxyl groups is 1. The molecular weight excluding hydrogens is 329 g/mol. The third-order valence-corrected chi connectivity index (χ3v) is 5.64. The molecular formula is C19H19ClFNO2. The summed E-state index contributed by atoms with van der Waals surface area (Å²) in [6.45, 7) is 2.38. The van der Waals surface area contributed by atoms with Crippen molar-refractivity contribution < 1.29 is 14.2 Å². The molecule has 2 aliphatic heterocycles. The van der Waals surface area contributed by atoms with Crippen LogP contribution in [0.1, 0.15) is 17.0 Å². The topological polar surface area (TPSA) is 32.7 Å². The van der Waals surface area contributed by atoms with E-state index in [2.05, 4.69) is 11.0 Å². The van der Waals surface area contributed by atoms with Crippen LogP contribution in [0.25, 0.3) is 0 Å². The van der Waals surface area contributed by atoms with Crippen LogP contribution < -0.4 is 4.74 Å². The van der Waals surface area contributed by atoms with E-state index in [9.17, 15) is 9.50 Å². The first kappa shape index (κ1) is 15.9. The van der Waals surface area contributed by atoms with Crippen LogP contribution in [0, 0.1) is 11.2 Å². The molecule has 0 amide bonds. The number of nitrogens with zero attached hydrogens (tertiary/aromatic N) is 1. The first-order valence-electron chi connectivity index (χ1n) is 8.11. The van der Waals surface area contributed by atoms with Crippen molar-refractivity contribution in [3.05, 3.63) is 64.4 Å². The molecule has 2 heterocycles. The van der Waals surface area contributed by atoms with Gasteiger partial charge in [0.15, 0.2) is 0 Å². The molecule has 2 aromatic carbocycles. The maximum Gasteiger partial charge on any atom is 0.129 e. The van der Waals surface area contributed by atoms with E-state index in [1.54, 1.807) is 12.1 Å². The van der Waals surface area contributed by atoms with Gasteiger partial charge in [0, 0.05) is 41.6 Å². The molecule has 1 saturated heterocycles. The molecule has 2 aliphatic rings. The summed E-state index contributed by atoms with van der Waals surface area (Å²) in [6, 6.07) is 12.7. The summed E-state index contributed by atoms with van der Waals surface area (Å²) in [5.41, 5.74) is 1.30. The maximum atomic E-state index is 14.1. The Hall–Kier alpha value is -1.62. The maximum absolute atomic E-state index is 14.1. The van der Waals surface area contributed by atoms with Crippen LogP contribution in [0.4, 0.5) is 4.39 Å². The Kier molecular flexibility index (Phi) is 3.99. The SMILES string of the molecule is OC[C@]12COc3ccccc3[C@H]1CN(Cc1c(F)cccc1Cl)C2. The lowest BCUT2D eigenvalue weighted by Gasteiger charge is -2.38. The number of para-hydroxylation sites is 1. The zero-order valence-corrected chi connectivity index (χ0v) is 14.0. The summed E-state index contributed by atoms with van der Waals surface area (Å²) < 4.78 is 20.0. The van der Waals surface area contributed by atoms with Gasteiger partial charge in [0.1, 0.15) is 11.6 Å². The van der Waals surface area contributed by atoms with Crippen molar-refractivity contribution in [2.24, 2.45) is 5.41 Å². The molecule has 0 aliphatic carbocycles. The largest absolute Gasteiger partial charge is 0.493 e. The van der Waals surface area contributed by atoms with E-state index in [-0.39, 0.29) is 23.8 Å². The Bertz CT molecular complexity index is 749. The lowest BCUT2D eigenvalue weighted by atomic mass is 9.74. The number of halogens is 2. The summed E-state index contributed by atoms with van der Waals surface area (Å²) in [6.07, 6.45) is 0. The van der Waals surface area contributed by atoms with Crippen molar-refractivity contribution in [2.75, 3.05) is 26.3 Å². The highest BCUT2D eigenvalue weighted by atomic mass is 35.5. The second-order valence-electron chi connectivity index (χ2n) is 6.77. The van der Waals surface area contributed by atoms with Gasteiger partial charge in [0.2, 0.25) is 0 Å². The van der Waals surface area contributed by atoms with Crippen LogP contribution in [0.3, 0.4) is 0 Å². The van der Waals surface area contributed by atoms with E-state index in [0.717, 1.165) is 17.9 Å². The minimum absolute atomic E-state index is 0.0491. The van der Waals surface area contributed by atoms with Gasteiger partial charge in [0.05, 0.1) is 13.2 Å². The van der Waals surface area contributed by atoms with Crippen molar-refractivity contribution in [1.29, 1.82) is 0 Å². The Morgan fingerprint density at radius 2 is 2.08 bits per heavy atom. The smallest absolute Gasteiger partial charge is 0.129 e. The van der Waals surface area contributed by atoms with E-state index < -0.39 is 0 Å². The number of hydrogen-bond acceptors (Lipinski definition) is 3. The van der Waals surface area contributed by atoms with E-state index in [1.165, 1.54) is 6.07 Å². The third-order valence-electron chi connectivity index (χ3n) is 5.29. The fourth-order valence-electron chi connectivity index (χ4n) is 4.00. The Labute approximate surface area is 145 Å². The molecule has 2 atom stereocenters. The van der Waals surface area contributed by atoms with Gasteiger partial charge in [-0.3, -0.25) is 4.90 Å². The number of aliphatic hydroxyl groups excluding tert-OH is 1. The van der Waals surface area contributed by atoms with Crippen LogP contribution in [0.5, 0.6) is 5.75 Å². The summed E-state index contributed by atoms with van der Waals surface area (Å²) in [4.78, 5) is 2.16. The molecule has 0 radical (unpaired) electrons. The third kappa shape index (κ3) is 2.50. The first-order valence-corrected chi connectivity index (χ1v) is 8.48. The van der Waals surface area contributed by atoms with Crippen LogP contribution in [0.15, 0.2) is 42.5 Å². The molecule has 0 unspecified atom stereocenters. The van der Waals surface area contributed by atoms with Gasteiger partial charge < -0.3 is 9.84 Å². The highest BCUT2D eigenvalue weighted by Crippen LogP contribution is 2.49. The lowest BCUT2D eigenvalue weighted by molar-refractivity contribution is 0.0457. The van der Waals surface area contributed by atoms with Crippen molar-refractivity contribution in [3.8, 4) is 5.75 Å². The van der Waals surface area contributed by atoms with E-state index in [4.69, 9.17) is 16.3 Å². The summed E-state index contributed by atoms with van der Waals surface area (Å²) >= 11 is 6.17. The molecule has 0 spiro atoms. The predicted octanol–water partition coefficient (Wildman–Crippen LogP) is 3.45. The highest BCUT2D eigenvalue weighted by Gasteiger charge is 2.50. The van der Waals surface area contributed by atoms with Crippen LogP contribution >= 0.6 is 11.6 Å². The van der Waals surface area contributed by atoms with Gasteiger partial charge in [-0.15, -0.1) is 0 Å². The van der Waals surface area contributed by atoms with E-state index in [0.29, 0.717) is 30.3 Å². The Morgan fingerprint density at radius 3 is 2.88 bits per heavy atom. The summed E-state index contributed by atoms with van der Waals surface area (Å²) in [7, 11) is 0. The molecule has 1 fully saturated rings. The van der Waals surface area contributed by atoms with Crippen LogP contribution in [0.2, 0.25) is 5.02 Å². The molecule has 126 valence electrons.